The minimum Gasteiger partial charge on any atom is -0.444 e. The first-order valence-electron chi connectivity index (χ1n) is 3.32. The fourth-order valence-electron chi connectivity index (χ4n) is 0.984. The molecule has 0 aliphatic carbocycles. The zero-order valence-electron chi connectivity index (χ0n) is 5.96. The van der Waals surface area contributed by atoms with Gasteiger partial charge >= 0.3 is 6.09 Å². The standard InChI is InChI=1S/C7H11NO2/c1-3-4-6-5(2)10-7(9)8-6/h3,5-6H,1,4H2,2H3,(H,8,9)/t5-,6-/m1/s1. The molecule has 0 aromatic carbocycles. The Morgan fingerprint density at radius 2 is 2.60 bits per heavy atom. The molecule has 1 fully saturated rings. The lowest BCUT2D eigenvalue weighted by atomic mass is 10.1. The van der Waals surface area contributed by atoms with Crippen LogP contribution in [0.25, 0.3) is 0 Å². The van der Waals surface area contributed by atoms with Crippen LogP contribution in [0.5, 0.6) is 0 Å². The number of nitrogens with one attached hydrogen (secondary N) is 1. The highest BCUT2D eigenvalue weighted by Crippen LogP contribution is 2.10. The van der Waals surface area contributed by atoms with E-state index in [1.165, 1.54) is 0 Å². The van der Waals surface area contributed by atoms with Crippen LogP contribution >= 0.6 is 0 Å². The van der Waals surface area contributed by atoms with Crippen LogP contribution in [-0.4, -0.2) is 18.2 Å². The van der Waals surface area contributed by atoms with Gasteiger partial charge in [0.1, 0.15) is 6.10 Å². The summed E-state index contributed by atoms with van der Waals surface area (Å²) in [4.78, 5) is 10.6. The van der Waals surface area contributed by atoms with Gasteiger partial charge in [-0.1, -0.05) is 6.08 Å². The van der Waals surface area contributed by atoms with E-state index in [2.05, 4.69) is 11.9 Å². The van der Waals surface area contributed by atoms with E-state index in [4.69, 9.17) is 4.74 Å². The van der Waals surface area contributed by atoms with Gasteiger partial charge < -0.3 is 10.1 Å². The van der Waals surface area contributed by atoms with E-state index < -0.39 is 0 Å². The van der Waals surface area contributed by atoms with Crippen molar-refractivity contribution in [2.45, 2.75) is 25.5 Å². The molecule has 0 aromatic rings. The number of cyclic esters (lactones) is 1. The third-order valence-corrected chi connectivity index (χ3v) is 1.58. The molecule has 1 aliphatic rings. The minimum absolute atomic E-state index is 0.0227. The first-order valence-corrected chi connectivity index (χ1v) is 3.32. The maximum absolute atomic E-state index is 10.6. The largest absolute Gasteiger partial charge is 0.444 e. The van der Waals surface area contributed by atoms with Crippen LogP contribution in [0.4, 0.5) is 4.79 Å². The molecule has 2 atom stereocenters. The second-order valence-corrected chi connectivity index (χ2v) is 2.39. The Morgan fingerprint density at radius 1 is 1.90 bits per heavy atom. The van der Waals surface area contributed by atoms with Crippen molar-refractivity contribution in [3.8, 4) is 0 Å². The minimum atomic E-state index is -0.320. The molecule has 1 saturated heterocycles. The highest BCUT2D eigenvalue weighted by molar-refractivity contribution is 5.70. The topological polar surface area (TPSA) is 38.3 Å². The van der Waals surface area contributed by atoms with Crippen LogP contribution in [0.15, 0.2) is 12.7 Å². The van der Waals surface area contributed by atoms with Gasteiger partial charge in [-0.25, -0.2) is 4.79 Å². The SMILES string of the molecule is C=CC[C@H]1NC(=O)O[C@@H]1C. The van der Waals surface area contributed by atoms with Crippen molar-refractivity contribution in [3.63, 3.8) is 0 Å². The van der Waals surface area contributed by atoms with Crippen molar-refractivity contribution < 1.29 is 9.53 Å². The van der Waals surface area contributed by atoms with E-state index in [-0.39, 0.29) is 18.2 Å². The van der Waals surface area contributed by atoms with Gasteiger partial charge in [0, 0.05) is 0 Å². The number of carbonyl (C=O) groups is 1. The zero-order chi connectivity index (χ0) is 7.56. The van der Waals surface area contributed by atoms with Crippen LogP contribution < -0.4 is 5.32 Å². The maximum Gasteiger partial charge on any atom is 0.407 e. The van der Waals surface area contributed by atoms with Gasteiger partial charge in [-0.2, -0.15) is 0 Å². The number of carbonyl (C=O) groups excluding carboxylic acids is 1. The third kappa shape index (κ3) is 1.29. The summed E-state index contributed by atoms with van der Waals surface area (Å²) in [5.41, 5.74) is 0. The van der Waals surface area contributed by atoms with Gasteiger partial charge in [0.15, 0.2) is 0 Å². The molecule has 0 bridgehead atoms. The lowest BCUT2D eigenvalue weighted by Crippen LogP contribution is -2.28. The first kappa shape index (κ1) is 7.12. The fourth-order valence-corrected chi connectivity index (χ4v) is 0.984. The Morgan fingerprint density at radius 3 is 3.00 bits per heavy atom. The molecule has 1 amide bonds. The molecular weight excluding hydrogens is 130 g/mol. The summed E-state index contributed by atoms with van der Waals surface area (Å²) in [6.45, 7) is 5.44. The predicted octanol–water partition coefficient (Wildman–Crippen LogP) is 1.06. The summed E-state index contributed by atoms with van der Waals surface area (Å²) in [6.07, 6.45) is 2.20. The quantitative estimate of drug-likeness (QED) is 0.584. The smallest absolute Gasteiger partial charge is 0.407 e. The van der Waals surface area contributed by atoms with Gasteiger partial charge in [0.2, 0.25) is 0 Å². The van der Waals surface area contributed by atoms with Gasteiger partial charge in [0.05, 0.1) is 6.04 Å². The zero-order valence-corrected chi connectivity index (χ0v) is 5.96. The molecular formula is C7H11NO2. The van der Waals surface area contributed by atoms with Crippen LogP contribution in [0.3, 0.4) is 0 Å². The van der Waals surface area contributed by atoms with E-state index >= 15 is 0 Å². The molecule has 1 N–H and O–H groups in total. The van der Waals surface area contributed by atoms with Crippen LogP contribution in [0.1, 0.15) is 13.3 Å². The van der Waals surface area contributed by atoms with Crippen molar-refractivity contribution in [1.82, 2.24) is 5.32 Å². The Hall–Kier alpha value is -0.990. The van der Waals surface area contributed by atoms with Crippen LogP contribution in [0.2, 0.25) is 0 Å². The van der Waals surface area contributed by atoms with Crippen molar-refractivity contribution in [2.75, 3.05) is 0 Å². The molecule has 56 valence electrons. The molecule has 10 heavy (non-hydrogen) atoms. The number of amides is 1. The second-order valence-electron chi connectivity index (χ2n) is 2.39. The lowest BCUT2D eigenvalue weighted by molar-refractivity contribution is 0.141. The lowest BCUT2D eigenvalue weighted by Gasteiger charge is -2.08. The van der Waals surface area contributed by atoms with Crippen LogP contribution in [-0.2, 0) is 4.74 Å². The molecule has 0 unspecified atom stereocenters. The van der Waals surface area contributed by atoms with Crippen molar-refractivity contribution in [1.29, 1.82) is 0 Å². The second kappa shape index (κ2) is 2.73. The van der Waals surface area contributed by atoms with Gasteiger partial charge in [0.25, 0.3) is 0 Å². The molecule has 0 radical (unpaired) electrons. The average molecular weight is 141 g/mol. The summed E-state index contributed by atoms with van der Waals surface area (Å²) in [7, 11) is 0. The van der Waals surface area contributed by atoms with Gasteiger partial charge in [-0.05, 0) is 13.3 Å². The Balaban J connectivity index is 2.45. The maximum atomic E-state index is 10.6. The predicted molar refractivity (Wildman–Crippen MR) is 37.7 cm³/mol. The summed E-state index contributed by atoms with van der Waals surface area (Å²) in [5, 5.41) is 2.67. The van der Waals surface area contributed by atoms with Gasteiger partial charge in [-0.15, -0.1) is 6.58 Å². The molecule has 0 aromatic heterocycles. The monoisotopic (exact) mass is 141 g/mol. The average Bonchev–Trinajstić information content (AvgIpc) is 2.13. The van der Waals surface area contributed by atoms with E-state index in [1.807, 2.05) is 6.92 Å². The van der Waals surface area contributed by atoms with Crippen molar-refractivity contribution in [3.05, 3.63) is 12.7 Å². The Kier molecular flexibility index (Phi) is 1.94. The van der Waals surface area contributed by atoms with Crippen molar-refractivity contribution in [2.24, 2.45) is 0 Å². The summed E-state index contributed by atoms with van der Waals surface area (Å²) in [5.74, 6) is 0. The highest BCUT2D eigenvalue weighted by Gasteiger charge is 2.28. The fraction of sp³-hybridized carbons (Fsp3) is 0.571. The molecule has 1 aliphatic heterocycles. The number of hydrogen-bond acceptors (Lipinski definition) is 2. The molecule has 0 saturated carbocycles. The summed E-state index contributed by atoms with van der Waals surface area (Å²) < 4.78 is 4.83. The summed E-state index contributed by atoms with van der Waals surface area (Å²) >= 11 is 0. The summed E-state index contributed by atoms with van der Waals surface area (Å²) in [6, 6.07) is 0.116. The number of ether oxygens (including phenoxy) is 1. The van der Waals surface area contributed by atoms with E-state index in [0.29, 0.717) is 0 Å². The Bertz CT molecular complexity index is 156. The molecule has 1 heterocycles. The Labute approximate surface area is 60.1 Å². The number of rotatable bonds is 2. The molecule has 3 heteroatoms. The molecule has 0 spiro atoms. The molecule has 1 rings (SSSR count). The van der Waals surface area contributed by atoms with Crippen molar-refractivity contribution >= 4 is 6.09 Å². The first-order chi connectivity index (χ1) is 4.74. The number of hydrogen-bond donors (Lipinski definition) is 1. The van der Waals surface area contributed by atoms with E-state index in [0.717, 1.165) is 6.42 Å². The number of alkyl carbamates (subject to hydrolysis) is 1. The highest BCUT2D eigenvalue weighted by atomic mass is 16.6. The van der Waals surface area contributed by atoms with E-state index in [9.17, 15) is 4.79 Å². The normalized spacial score (nSPS) is 31.1. The molecule has 3 nitrogen and oxygen atoms in total. The van der Waals surface area contributed by atoms with E-state index in [1.54, 1.807) is 6.08 Å². The van der Waals surface area contributed by atoms with Gasteiger partial charge in [-0.3, -0.25) is 0 Å². The van der Waals surface area contributed by atoms with Crippen LogP contribution in [0, 0.1) is 0 Å². The third-order valence-electron chi connectivity index (χ3n) is 1.58.